The average Bonchev–Trinajstić information content (AvgIpc) is 3.04. The van der Waals surface area contributed by atoms with Crippen molar-refractivity contribution in [3.63, 3.8) is 0 Å². The van der Waals surface area contributed by atoms with E-state index in [4.69, 9.17) is 4.52 Å². The van der Waals surface area contributed by atoms with E-state index in [1.165, 1.54) is 0 Å². The summed E-state index contributed by atoms with van der Waals surface area (Å²) in [6, 6.07) is 9.86. The Morgan fingerprint density at radius 3 is 2.48 bits per heavy atom. The van der Waals surface area contributed by atoms with Crippen LogP contribution in [-0.2, 0) is 6.42 Å². The number of carbonyl (C=O) groups is 1. The zero-order valence-corrected chi connectivity index (χ0v) is 15.5. The fourth-order valence-electron chi connectivity index (χ4n) is 2.53. The topological polar surface area (TPSA) is 80.0 Å². The Hall–Kier alpha value is -2.37. The SMILES string of the molecule is CC(C)CC(NC(=O)NCCc1nc(C(C)C)no1)c1ccccc1. The third-order valence-electron chi connectivity index (χ3n) is 3.84. The monoisotopic (exact) mass is 344 g/mol. The molecule has 6 nitrogen and oxygen atoms in total. The smallest absolute Gasteiger partial charge is 0.315 e. The Morgan fingerprint density at radius 1 is 1.16 bits per heavy atom. The first kappa shape index (κ1) is 19.0. The van der Waals surface area contributed by atoms with E-state index in [0.29, 0.717) is 30.6 Å². The molecule has 6 heteroatoms. The Balaban J connectivity index is 1.84. The summed E-state index contributed by atoms with van der Waals surface area (Å²) in [6.45, 7) is 8.78. The molecule has 0 bridgehead atoms. The van der Waals surface area contributed by atoms with Crippen LogP contribution in [0.3, 0.4) is 0 Å². The van der Waals surface area contributed by atoms with E-state index < -0.39 is 0 Å². The van der Waals surface area contributed by atoms with Crippen LogP contribution in [-0.4, -0.2) is 22.7 Å². The second-order valence-electron chi connectivity index (χ2n) is 6.94. The summed E-state index contributed by atoms with van der Waals surface area (Å²) >= 11 is 0. The van der Waals surface area contributed by atoms with E-state index in [0.717, 1.165) is 12.0 Å². The molecule has 1 unspecified atom stereocenters. The largest absolute Gasteiger partial charge is 0.339 e. The molecule has 0 saturated heterocycles. The highest BCUT2D eigenvalue weighted by molar-refractivity contribution is 5.74. The molecule has 2 N–H and O–H groups in total. The van der Waals surface area contributed by atoms with E-state index in [2.05, 4.69) is 34.6 Å². The summed E-state index contributed by atoms with van der Waals surface area (Å²) < 4.78 is 5.18. The Kier molecular flexibility index (Phi) is 6.98. The summed E-state index contributed by atoms with van der Waals surface area (Å²) in [5.41, 5.74) is 1.12. The van der Waals surface area contributed by atoms with Gasteiger partial charge in [-0.3, -0.25) is 0 Å². The quantitative estimate of drug-likeness (QED) is 0.763. The van der Waals surface area contributed by atoms with Gasteiger partial charge in [0.1, 0.15) is 0 Å². The summed E-state index contributed by atoms with van der Waals surface area (Å²) in [5.74, 6) is 1.96. The Bertz CT molecular complexity index is 652. The molecule has 2 aromatic rings. The predicted octanol–water partition coefficient (Wildman–Crippen LogP) is 3.82. The van der Waals surface area contributed by atoms with Crippen LogP contribution in [0.2, 0.25) is 0 Å². The molecule has 1 aromatic heterocycles. The summed E-state index contributed by atoms with van der Waals surface area (Å²) in [6.07, 6.45) is 1.41. The second kappa shape index (κ2) is 9.20. The van der Waals surface area contributed by atoms with Crippen LogP contribution in [0.4, 0.5) is 4.79 Å². The number of nitrogens with zero attached hydrogens (tertiary/aromatic N) is 2. The first-order valence-electron chi connectivity index (χ1n) is 8.87. The lowest BCUT2D eigenvalue weighted by Crippen LogP contribution is -2.39. The van der Waals surface area contributed by atoms with Crippen molar-refractivity contribution in [2.75, 3.05) is 6.54 Å². The van der Waals surface area contributed by atoms with Gasteiger partial charge >= 0.3 is 6.03 Å². The molecule has 25 heavy (non-hydrogen) atoms. The molecule has 0 aliphatic rings. The summed E-state index contributed by atoms with van der Waals surface area (Å²) in [4.78, 5) is 16.5. The number of urea groups is 1. The van der Waals surface area contributed by atoms with Crippen LogP contribution in [0.15, 0.2) is 34.9 Å². The van der Waals surface area contributed by atoms with Crippen molar-refractivity contribution in [1.29, 1.82) is 0 Å². The van der Waals surface area contributed by atoms with Crippen LogP contribution < -0.4 is 10.6 Å². The van der Waals surface area contributed by atoms with Crippen LogP contribution >= 0.6 is 0 Å². The third kappa shape index (κ3) is 6.21. The van der Waals surface area contributed by atoms with E-state index in [1.54, 1.807) is 0 Å². The first-order valence-corrected chi connectivity index (χ1v) is 8.87. The lowest BCUT2D eigenvalue weighted by Gasteiger charge is -2.21. The minimum atomic E-state index is -0.182. The van der Waals surface area contributed by atoms with Gasteiger partial charge in [0.2, 0.25) is 5.89 Å². The normalized spacial score (nSPS) is 12.4. The van der Waals surface area contributed by atoms with Crippen LogP contribution in [0, 0.1) is 5.92 Å². The summed E-state index contributed by atoms with van der Waals surface area (Å²) in [5, 5.41) is 9.84. The molecular formula is C19H28N4O2. The highest BCUT2D eigenvalue weighted by atomic mass is 16.5. The Morgan fingerprint density at radius 2 is 1.88 bits per heavy atom. The highest BCUT2D eigenvalue weighted by Gasteiger charge is 2.16. The standard InChI is InChI=1S/C19H28N4O2/c1-13(2)12-16(15-8-6-5-7-9-15)21-19(24)20-11-10-17-22-18(14(3)4)23-25-17/h5-9,13-14,16H,10-12H2,1-4H3,(H2,20,21,24). The molecule has 0 fully saturated rings. The van der Waals surface area contributed by atoms with Gasteiger partial charge < -0.3 is 15.2 Å². The van der Waals surface area contributed by atoms with Crippen molar-refractivity contribution in [1.82, 2.24) is 20.8 Å². The van der Waals surface area contributed by atoms with Gasteiger partial charge in [0, 0.05) is 18.9 Å². The first-order chi connectivity index (χ1) is 12.0. The molecule has 2 amide bonds. The number of carbonyl (C=O) groups excluding carboxylic acids is 1. The minimum absolute atomic E-state index is 0.00264. The van der Waals surface area contributed by atoms with E-state index >= 15 is 0 Å². The number of hydrogen-bond donors (Lipinski definition) is 2. The van der Waals surface area contributed by atoms with Crippen LogP contribution in [0.25, 0.3) is 0 Å². The fourth-order valence-corrected chi connectivity index (χ4v) is 2.53. The molecule has 0 radical (unpaired) electrons. The summed E-state index contributed by atoms with van der Waals surface area (Å²) in [7, 11) is 0. The molecule has 1 atom stereocenters. The predicted molar refractivity (Wildman–Crippen MR) is 97.3 cm³/mol. The maximum absolute atomic E-state index is 12.2. The zero-order chi connectivity index (χ0) is 18.2. The number of aromatic nitrogens is 2. The molecule has 136 valence electrons. The minimum Gasteiger partial charge on any atom is -0.339 e. The van der Waals surface area contributed by atoms with Crippen molar-refractivity contribution in [2.24, 2.45) is 5.92 Å². The van der Waals surface area contributed by atoms with Crippen molar-refractivity contribution in [2.45, 2.75) is 52.5 Å². The maximum Gasteiger partial charge on any atom is 0.315 e. The molecule has 0 aliphatic carbocycles. The van der Waals surface area contributed by atoms with Crippen molar-refractivity contribution in [3.8, 4) is 0 Å². The van der Waals surface area contributed by atoms with E-state index in [9.17, 15) is 4.79 Å². The van der Waals surface area contributed by atoms with E-state index in [-0.39, 0.29) is 18.0 Å². The molecule has 1 aromatic carbocycles. The second-order valence-corrected chi connectivity index (χ2v) is 6.94. The number of rotatable bonds is 8. The molecule has 0 saturated carbocycles. The van der Waals surface area contributed by atoms with Crippen molar-refractivity contribution >= 4 is 6.03 Å². The number of benzene rings is 1. The molecule has 1 heterocycles. The van der Waals surface area contributed by atoms with Crippen LogP contribution in [0.1, 0.15) is 63.4 Å². The van der Waals surface area contributed by atoms with Crippen molar-refractivity contribution < 1.29 is 9.32 Å². The third-order valence-corrected chi connectivity index (χ3v) is 3.84. The Labute approximate surface area is 149 Å². The maximum atomic E-state index is 12.2. The molecular weight excluding hydrogens is 316 g/mol. The van der Waals surface area contributed by atoms with Gasteiger partial charge in [-0.15, -0.1) is 0 Å². The van der Waals surface area contributed by atoms with Gasteiger partial charge in [-0.25, -0.2) is 4.79 Å². The van der Waals surface area contributed by atoms with Gasteiger partial charge in [0.25, 0.3) is 0 Å². The zero-order valence-electron chi connectivity index (χ0n) is 15.5. The lowest BCUT2D eigenvalue weighted by molar-refractivity contribution is 0.235. The van der Waals surface area contributed by atoms with Gasteiger partial charge in [-0.05, 0) is 17.9 Å². The molecule has 0 aliphatic heterocycles. The van der Waals surface area contributed by atoms with Crippen LogP contribution in [0.5, 0.6) is 0 Å². The van der Waals surface area contributed by atoms with Gasteiger partial charge in [0.15, 0.2) is 5.82 Å². The molecule has 0 spiro atoms. The average molecular weight is 344 g/mol. The lowest BCUT2D eigenvalue weighted by atomic mass is 9.97. The van der Waals surface area contributed by atoms with E-state index in [1.807, 2.05) is 44.2 Å². The van der Waals surface area contributed by atoms with Crippen molar-refractivity contribution in [3.05, 3.63) is 47.6 Å². The highest BCUT2D eigenvalue weighted by Crippen LogP contribution is 2.20. The number of amides is 2. The number of hydrogen-bond acceptors (Lipinski definition) is 4. The van der Waals surface area contributed by atoms with Gasteiger partial charge in [-0.2, -0.15) is 4.98 Å². The van der Waals surface area contributed by atoms with Gasteiger partial charge in [0.05, 0.1) is 6.04 Å². The van der Waals surface area contributed by atoms with Gasteiger partial charge in [-0.1, -0.05) is 63.2 Å². The molecule has 2 rings (SSSR count). The number of nitrogens with one attached hydrogen (secondary N) is 2. The fraction of sp³-hybridized carbons (Fsp3) is 0.526.